The molecule has 3 heteroatoms. The zero-order valence-corrected chi connectivity index (χ0v) is 9.86. The van der Waals surface area contributed by atoms with Crippen LogP contribution in [0.2, 0.25) is 0 Å². The molecule has 0 radical (unpaired) electrons. The van der Waals surface area contributed by atoms with Gasteiger partial charge in [0.1, 0.15) is 5.72 Å². The molecule has 3 rings (SSSR count). The van der Waals surface area contributed by atoms with Crippen LogP contribution < -0.4 is 5.43 Å². The summed E-state index contributed by atoms with van der Waals surface area (Å²) in [4.78, 5) is 0. The molecule has 0 saturated carbocycles. The number of nitrogens with one attached hydrogen (secondary N) is 1. The van der Waals surface area contributed by atoms with E-state index in [-0.39, 0.29) is 5.72 Å². The minimum absolute atomic E-state index is 0.233. The van der Waals surface area contributed by atoms with Crippen LogP contribution in [0.4, 0.5) is 0 Å². The second-order valence-corrected chi connectivity index (χ2v) is 5.19. The van der Waals surface area contributed by atoms with Gasteiger partial charge in [-0.1, -0.05) is 24.3 Å². The van der Waals surface area contributed by atoms with Gasteiger partial charge in [-0.3, -0.25) is 0 Å². The minimum atomic E-state index is -0.233. The molecule has 16 heavy (non-hydrogen) atoms. The number of hydrazine groups is 1. The molecular formula is C13H18N2O. The predicted molar refractivity (Wildman–Crippen MR) is 62.6 cm³/mol. The number of hydrogen-bond donors (Lipinski definition) is 1. The van der Waals surface area contributed by atoms with E-state index >= 15 is 0 Å². The first kappa shape index (κ1) is 10.3. The summed E-state index contributed by atoms with van der Waals surface area (Å²) in [6, 6.07) is 9.16. The van der Waals surface area contributed by atoms with Gasteiger partial charge in [0.2, 0.25) is 0 Å². The van der Waals surface area contributed by atoms with Crippen molar-refractivity contribution >= 4 is 0 Å². The fraction of sp³-hybridized carbons (Fsp3) is 0.538. The summed E-state index contributed by atoms with van der Waals surface area (Å²) in [6.07, 6.45) is 1.08. The lowest BCUT2D eigenvalue weighted by atomic mass is 9.95. The summed E-state index contributed by atoms with van der Waals surface area (Å²) in [7, 11) is 0. The van der Waals surface area contributed by atoms with Gasteiger partial charge in [0.05, 0.1) is 12.6 Å². The van der Waals surface area contributed by atoms with E-state index in [1.54, 1.807) is 0 Å². The van der Waals surface area contributed by atoms with Gasteiger partial charge in [-0.05, 0) is 31.4 Å². The Kier molecular flexibility index (Phi) is 2.28. The molecule has 0 aliphatic carbocycles. The van der Waals surface area contributed by atoms with Crippen LogP contribution in [-0.2, 0) is 17.7 Å². The highest BCUT2D eigenvalue weighted by Gasteiger charge is 2.35. The molecule has 0 bridgehead atoms. The van der Waals surface area contributed by atoms with E-state index in [1.807, 2.05) is 0 Å². The fourth-order valence-electron chi connectivity index (χ4n) is 2.55. The average Bonchev–Trinajstić information content (AvgIpc) is 2.25. The highest BCUT2D eigenvalue weighted by Crippen LogP contribution is 2.26. The summed E-state index contributed by atoms with van der Waals surface area (Å²) in [5.74, 6) is 0. The molecule has 1 fully saturated rings. The van der Waals surface area contributed by atoms with Gasteiger partial charge < -0.3 is 4.74 Å². The maximum atomic E-state index is 5.80. The molecule has 1 aromatic carbocycles. The largest absolute Gasteiger partial charge is 0.358 e. The molecule has 2 aliphatic rings. The quantitative estimate of drug-likeness (QED) is 0.717. The van der Waals surface area contributed by atoms with Crippen molar-refractivity contribution in [2.45, 2.75) is 38.6 Å². The zero-order chi connectivity index (χ0) is 11.2. The lowest BCUT2D eigenvalue weighted by molar-refractivity contribution is -0.173. The van der Waals surface area contributed by atoms with Crippen molar-refractivity contribution in [3.63, 3.8) is 0 Å². The molecule has 2 heterocycles. The predicted octanol–water partition coefficient (Wildman–Crippen LogP) is 1.68. The van der Waals surface area contributed by atoms with Crippen LogP contribution >= 0.6 is 0 Å². The Morgan fingerprint density at radius 3 is 2.88 bits per heavy atom. The third-order valence-corrected chi connectivity index (χ3v) is 3.40. The van der Waals surface area contributed by atoms with Crippen molar-refractivity contribution in [2.24, 2.45) is 0 Å². The fourth-order valence-corrected chi connectivity index (χ4v) is 2.55. The molecular weight excluding hydrogens is 200 g/mol. The standard InChI is InChI=1S/C13H18N2O/c1-13(2)14-15-8-11-6-4-3-5-10(11)7-12(15)9-16-13/h3-6,12,14H,7-9H2,1-2H3. The van der Waals surface area contributed by atoms with Crippen molar-refractivity contribution in [1.82, 2.24) is 10.4 Å². The van der Waals surface area contributed by atoms with Crippen molar-refractivity contribution in [3.8, 4) is 0 Å². The summed E-state index contributed by atoms with van der Waals surface area (Å²) >= 11 is 0. The Morgan fingerprint density at radius 1 is 1.31 bits per heavy atom. The van der Waals surface area contributed by atoms with E-state index < -0.39 is 0 Å². The molecule has 1 unspecified atom stereocenters. The van der Waals surface area contributed by atoms with Crippen LogP contribution in [0.15, 0.2) is 24.3 Å². The molecule has 2 aliphatic heterocycles. The van der Waals surface area contributed by atoms with Gasteiger partial charge in [-0.2, -0.15) is 0 Å². The zero-order valence-electron chi connectivity index (χ0n) is 9.86. The molecule has 0 spiro atoms. The van der Waals surface area contributed by atoms with Gasteiger partial charge in [-0.15, -0.1) is 0 Å². The van der Waals surface area contributed by atoms with Crippen LogP contribution in [0.3, 0.4) is 0 Å². The van der Waals surface area contributed by atoms with Crippen LogP contribution in [0, 0.1) is 0 Å². The third kappa shape index (κ3) is 1.75. The molecule has 1 aromatic rings. The Balaban J connectivity index is 1.86. The van der Waals surface area contributed by atoms with E-state index in [0.29, 0.717) is 6.04 Å². The van der Waals surface area contributed by atoms with Crippen LogP contribution in [-0.4, -0.2) is 23.4 Å². The van der Waals surface area contributed by atoms with Crippen LogP contribution in [0.1, 0.15) is 25.0 Å². The topological polar surface area (TPSA) is 24.5 Å². The maximum Gasteiger partial charge on any atom is 0.126 e. The van der Waals surface area contributed by atoms with Crippen molar-refractivity contribution in [3.05, 3.63) is 35.4 Å². The molecule has 1 atom stereocenters. The van der Waals surface area contributed by atoms with Gasteiger partial charge in [0.25, 0.3) is 0 Å². The third-order valence-electron chi connectivity index (χ3n) is 3.40. The van der Waals surface area contributed by atoms with Crippen molar-refractivity contribution in [1.29, 1.82) is 0 Å². The molecule has 1 saturated heterocycles. The maximum absolute atomic E-state index is 5.80. The first-order valence-corrected chi connectivity index (χ1v) is 5.89. The first-order valence-electron chi connectivity index (χ1n) is 5.89. The summed E-state index contributed by atoms with van der Waals surface area (Å²) < 4.78 is 5.80. The Bertz CT molecular complexity index is 403. The number of hydrogen-bond acceptors (Lipinski definition) is 3. The molecule has 0 aromatic heterocycles. The van der Waals surface area contributed by atoms with Crippen LogP contribution in [0.5, 0.6) is 0 Å². The van der Waals surface area contributed by atoms with E-state index in [0.717, 1.165) is 19.6 Å². The normalized spacial score (nSPS) is 28.2. The number of ether oxygens (including phenoxy) is 1. The Hall–Kier alpha value is -0.900. The number of fused-ring (bicyclic) bond motifs is 2. The van der Waals surface area contributed by atoms with Gasteiger partial charge in [-0.25, -0.2) is 10.4 Å². The highest BCUT2D eigenvalue weighted by atomic mass is 16.5. The Labute approximate surface area is 96.4 Å². The minimum Gasteiger partial charge on any atom is -0.358 e. The average molecular weight is 218 g/mol. The molecule has 1 N–H and O–H groups in total. The summed E-state index contributed by atoms with van der Waals surface area (Å²) in [6.45, 7) is 5.94. The van der Waals surface area contributed by atoms with Gasteiger partial charge >= 0.3 is 0 Å². The number of nitrogens with zero attached hydrogens (tertiary/aromatic N) is 1. The first-order chi connectivity index (χ1) is 7.64. The summed E-state index contributed by atoms with van der Waals surface area (Å²) in [5, 5.41) is 2.33. The van der Waals surface area contributed by atoms with E-state index in [2.05, 4.69) is 48.5 Å². The van der Waals surface area contributed by atoms with E-state index in [4.69, 9.17) is 4.74 Å². The second kappa shape index (κ2) is 3.55. The van der Waals surface area contributed by atoms with Crippen molar-refractivity contribution < 1.29 is 4.74 Å². The summed E-state index contributed by atoms with van der Waals surface area (Å²) in [5.41, 5.74) is 6.11. The van der Waals surface area contributed by atoms with E-state index in [9.17, 15) is 0 Å². The SMILES string of the molecule is CC1(C)NN2Cc3ccccc3CC2CO1. The van der Waals surface area contributed by atoms with Crippen LogP contribution in [0.25, 0.3) is 0 Å². The Morgan fingerprint density at radius 2 is 2.06 bits per heavy atom. The van der Waals surface area contributed by atoms with Gasteiger partial charge in [0, 0.05) is 6.54 Å². The van der Waals surface area contributed by atoms with E-state index in [1.165, 1.54) is 11.1 Å². The highest BCUT2D eigenvalue weighted by molar-refractivity contribution is 5.30. The smallest absolute Gasteiger partial charge is 0.126 e. The van der Waals surface area contributed by atoms with Gasteiger partial charge in [0.15, 0.2) is 0 Å². The lowest BCUT2D eigenvalue weighted by Crippen LogP contribution is -2.63. The number of rotatable bonds is 0. The monoisotopic (exact) mass is 218 g/mol. The molecule has 0 amide bonds. The number of benzene rings is 1. The second-order valence-electron chi connectivity index (χ2n) is 5.19. The molecule has 3 nitrogen and oxygen atoms in total. The molecule has 86 valence electrons. The lowest BCUT2D eigenvalue weighted by Gasteiger charge is -2.47. The van der Waals surface area contributed by atoms with Crippen molar-refractivity contribution in [2.75, 3.05) is 6.61 Å².